The highest BCUT2D eigenvalue weighted by Crippen LogP contribution is 2.56. The van der Waals surface area contributed by atoms with E-state index in [4.69, 9.17) is 28.4 Å². The van der Waals surface area contributed by atoms with Gasteiger partial charge in [0.1, 0.15) is 23.0 Å². The van der Waals surface area contributed by atoms with Crippen LogP contribution >= 0.6 is 0 Å². The summed E-state index contributed by atoms with van der Waals surface area (Å²) in [4.78, 5) is 47.5. The average Bonchev–Trinajstić information content (AvgIpc) is 3.17. The first-order valence-corrected chi connectivity index (χ1v) is 17.7. The second-order valence-corrected chi connectivity index (χ2v) is 12.8. The summed E-state index contributed by atoms with van der Waals surface area (Å²) >= 11 is 0. The van der Waals surface area contributed by atoms with Crippen LogP contribution in [0.15, 0.2) is 110 Å². The fraction of sp³-hybridized carbons (Fsp3) is 0.256. The van der Waals surface area contributed by atoms with Gasteiger partial charge in [0.15, 0.2) is 0 Å². The van der Waals surface area contributed by atoms with E-state index in [1.54, 1.807) is 50.2 Å². The van der Waals surface area contributed by atoms with Crippen LogP contribution < -0.4 is 18.9 Å². The zero-order valence-corrected chi connectivity index (χ0v) is 31.7. The lowest BCUT2D eigenvalue weighted by molar-refractivity contribution is -0.288. The topological polar surface area (TPSA) is 124 Å². The van der Waals surface area contributed by atoms with E-state index in [1.807, 2.05) is 0 Å². The molecule has 4 aromatic carbocycles. The van der Waals surface area contributed by atoms with Gasteiger partial charge in [0, 0.05) is 25.0 Å². The van der Waals surface area contributed by atoms with E-state index in [0.29, 0.717) is 35.8 Å². The molecule has 0 bridgehead atoms. The molecule has 0 aliphatic carbocycles. The zero-order chi connectivity index (χ0) is 43.4. The van der Waals surface area contributed by atoms with Crippen LogP contribution in [0.5, 0.6) is 23.0 Å². The summed E-state index contributed by atoms with van der Waals surface area (Å²) in [5.74, 6) is -2.69. The van der Waals surface area contributed by atoms with Gasteiger partial charge in [-0.2, -0.15) is 26.3 Å². The van der Waals surface area contributed by atoms with Crippen LogP contribution in [0.25, 0.3) is 0 Å². The van der Waals surface area contributed by atoms with Gasteiger partial charge in [-0.1, -0.05) is 49.6 Å². The predicted molar refractivity (Wildman–Crippen MR) is 200 cm³/mol. The van der Waals surface area contributed by atoms with Crippen molar-refractivity contribution >= 4 is 23.9 Å². The van der Waals surface area contributed by atoms with E-state index in [0.717, 1.165) is 58.7 Å². The first-order valence-electron chi connectivity index (χ1n) is 17.7. The molecule has 0 N–H and O–H groups in total. The van der Waals surface area contributed by atoms with Crippen molar-refractivity contribution in [2.45, 2.75) is 57.3 Å². The van der Waals surface area contributed by atoms with Crippen molar-refractivity contribution < 1.29 is 73.9 Å². The molecule has 0 atom stereocenters. The third kappa shape index (κ3) is 11.7. The Morgan fingerprint density at radius 2 is 0.881 bits per heavy atom. The second kappa shape index (κ2) is 19.7. The summed E-state index contributed by atoms with van der Waals surface area (Å²) in [5, 5.41) is 0. The molecule has 0 aliphatic rings. The van der Waals surface area contributed by atoms with Crippen molar-refractivity contribution in [2.24, 2.45) is 0 Å². The Kier molecular flexibility index (Phi) is 15.1. The molecule has 59 heavy (non-hydrogen) atoms. The highest BCUT2D eigenvalue weighted by molar-refractivity contribution is 5.81. The smallest absolute Gasteiger partial charge is 0.411 e. The van der Waals surface area contributed by atoms with Gasteiger partial charge in [0.05, 0.1) is 0 Å². The Bertz CT molecular complexity index is 1990. The minimum atomic E-state index is -5.90. The molecule has 0 radical (unpaired) electrons. The van der Waals surface area contributed by atoms with Crippen LogP contribution in [0, 0.1) is 13.8 Å². The largest absolute Gasteiger partial charge is 0.457 e. The van der Waals surface area contributed by atoms with Gasteiger partial charge in [-0.3, -0.25) is 9.59 Å². The average molecular weight is 829 g/mol. The number of alkyl halides is 6. The summed E-state index contributed by atoms with van der Waals surface area (Å²) in [6.45, 7) is 9.35. The Morgan fingerprint density at radius 3 is 1.19 bits per heavy atom. The van der Waals surface area contributed by atoms with Crippen LogP contribution in [0.4, 0.5) is 26.3 Å². The SMILES string of the molecule is C=CC(=O)OCOc1ccc(CCC(=O)Oc2ccc(C(c3ccc(OC(=O)CCc4ccc(OCOC(=O)C=C)cc4C)cc3)(C(F)(F)F)C(F)(F)F)cc2)c(C)c1. The van der Waals surface area contributed by atoms with Gasteiger partial charge in [-0.15, -0.1) is 0 Å². The molecular weight excluding hydrogens is 790 g/mol. The quantitative estimate of drug-likeness (QED) is 0.0316. The molecule has 0 heterocycles. The molecule has 0 fully saturated rings. The Balaban J connectivity index is 1.40. The number of ether oxygens (including phenoxy) is 6. The lowest BCUT2D eigenvalue weighted by Crippen LogP contribution is -2.54. The highest BCUT2D eigenvalue weighted by atomic mass is 19.4. The molecule has 0 unspecified atom stereocenters. The first kappa shape index (κ1) is 45.1. The molecule has 4 rings (SSSR count). The Morgan fingerprint density at radius 1 is 0.542 bits per heavy atom. The van der Waals surface area contributed by atoms with Crippen LogP contribution in [-0.2, 0) is 46.9 Å². The van der Waals surface area contributed by atoms with Crippen molar-refractivity contribution in [1.29, 1.82) is 0 Å². The fourth-order valence-corrected chi connectivity index (χ4v) is 5.87. The fourth-order valence-electron chi connectivity index (χ4n) is 5.87. The van der Waals surface area contributed by atoms with E-state index in [-0.39, 0.29) is 50.8 Å². The third-order valence-electron chi connectivity index (χ3n) is 8.90. The standard InChI is InChI=1S/C43H38F6O10/c1-5-37(50)56-25-54-35-15-7-29(27(3)23-35)9-21-39(52)58-33-17-11-31(12-18-33)41(42(44,45)46,43(47,48)49)32-13-19-34(20-14-32)59-40(53)22-10-30-8-16-36(24-28(30)4)55-26-57-38(51)6-2/h5-8,11-20,23-24H,1-2,9-10,21-22,25-26H2,3-4H3. The zero-order valence-electron chi connectivity index (χ0n) is 31.7. The lowest BCUT2D eigenvalue weighted by Gasteiger charge is -2.38. The summed E-state index contributed by atoms with van der Waals surface area (Å²) in [7, 11) is 0. The molecule has 0 spiro atoms. The lowest BCUT2D eigenvalue weighted by atomic mass is 9.73. The monoisotopic (exact) mass is 828 g/mol. The number of halogens is 6. The number of hydrogen-bond donors (Lipinski definition) is 0. The summed E-state index contributed by atoms with van der Waals surface area (Å²) < 4.78 is 119. The van der Waals surface area contributed by atoms with Gasteiger partial charge in [0.25, 0.3) is 0 Å². The predicted octanol–water partition coefficient (Wildman–Crippen LogP) is 8.92. The van der Waals surface area contributed by atoms with E-state index < -0.39 is 52.8 Å². The van der Waals surface area contributed by atoms with Gasteiger partial charge < -0.3 is 28.4 Å². The summed E-state index contributed by atoms with van der Waals surface area (Å²) in [6.07, 6.45) is -9.81. The molecule has 0 amide bonds. The normalized spacial score (nSPS) is 11.5. The molecule has 0 aliphatic heterocycles. The van der Waals surface area contributed by atoms with Gasteiger partial charge >= 0.3 is 36.2 Å². The second-order valence-electron chi connectivity index (χ2n) is 12.8. The first-order chi connectivity index (χ1) is 27.9. The third-order valence-corrected chi connectivity index (χ3v) is 8.90. The number of esters is 4. The number of carbonyl (C=O) groups is 4. The van der Waals surface area contributed by atoms with Crippen LogP contribution in [0.1, 0.15) is 46.2 Å². The summed E-state index contributed by atoms with van der Waals surface area (Å²) in [6, 6.07) is 15.5. The molecule has 10 nitrogen and oxygen atoms in total. The number of benzene rings is 4. The minimum absolute atomic E-state index is 0.175. The molecule has 16 heteroatoms. The van der Waals surface area contributed by atoms with E-state index >= 15 is 0 Å². The Labute approximate surface area is 334 Å². The molecule has 0 saturated heterocycles. The van der Waals surface area contributed by atoms with Gasteiger partial charge in [0.2, 0.25) is 19.0 Å². The minimum Gasteiger partial charge on any atom is -0.457 e. The number of hydrogen-bond acceptors (Lipinski definition) is 10. The molecule has 0 saturated carbocycles. The number of aryl methyl sites for hydroxylation is 4. The van der Waals surface area contributed by atoms with Crippen molar-refractivity contribution in [2.75, 3.05) is 13.6 Å². The van der Waals surface area contributed by atoms with Crippen LogP contribution in [0.3, 0.4) is 0 Å². The van der Waals surface area contributed by atoms with Crippen molar-refractivity contribution in [1.82, 2.24) is 0 Å². The van der Waals surface area contributed by atoms with Gasteiger partial charge in [-0.05, 0) is 109 Å². The molecule has 0 aromatic heterocycles. The van der Waals surface area contributed by atoms with E-state index in [9.17, 15) is 45.5 Å². The van der Waals surface area contributed by atoms with Crippen molar-refractivity contribution in [3.8, 4) is 23.0 Å². The van der Waals surface area contributed by atoms with E-state index in [2.05, 4.69) is 13.2 Å². The number of carbonyl (C=O) groups excluding carboxylic acids is 4. The molecule has 312 valence electrons. The van der Waals surface area contributed by atoms with Gasteiger partial charge in [-0.25, -0.2) is 9.59 Å². The maximum atomic E-state index is 14.8. The van der Waals surface area contributed by atoms with Crippen LogP contribution in [0.2, 0.25) is 0 Å². The molecule has 4 aromatic rings. The highest BCUT2D eigenvalue weighted by Gasteiger charge is 2.72. The maximum Gasteiger partial charge on any atom is 0.411 e. The number of rotatable bonds is 18. The van der Waals surface area contributed by atoms with Crippen LogP contribution in [-0.4, -0.2) is 49.8 Å². The van der Waals surface area contributed by atoms with Crippen molar-refractivity contribution in [3.63, 3.8) is 0 Å². The maximum absolute atomic E-state index is 14.8. The molecular formula is C43H38F6O10. The van der Waals surface area contributed by atoms with Crippen molar-refractivity contribution in [3.05, 3.63) is 144 Å². The van der Waals surface area contributed by atoms with E-state index in [1.165, 1.54) is 0 Å². The summed E-state index contributed by atoms with van der Waals surface area (Å²) in [5.41, 5.74) is -3.98. The Hall–Kier alpha value is -6.58.